The standard InChI is InChI=1S/C20H24N2O4S/c1-19(2)15-8-9-20(19,18(23)10-15)13-27(24,25)21-12-16-11-17(22-26-16)14-6-4-3-5-7-14/h3-7,11,15,21H,8-10,12-13H2,1-2H3. The van der Waals surface area contributed by atoms with E-state index in [4.69, 9.17) is 4.52 Å². The van der Waals surface area contributed by atoms with Gasteiger partial charge in [0.1, 0.15) is 11.5 Å². The fourth-order valence-electron chi connectivity index (χ4n) is 4.81. The molecule has 0 amide bonds. The minimum Gasteiger partial charge on any atom is -0.359 e. The Morgan fingerprint density at radius 2 is 2.00 bits per heavy atom. The van der Waals surface area contributed by atoms with Crippen molar-refractivity contribution in [3.63, 3.8) is 0 Å². The number of fused-ring (bicyclic) bond motifs is 2. The van der Waals surface area contributed by atoms with Crippen LogP contribution in [0.5, 0.6) is 0 Å². The predicted octanol–water partition coefficient (Wildman–Crippen LogP) is 3.16. The third-order valence-electron chi connectivity index (χ3n) is 6.67. The van der Waals surface area contributed by atoms with Crippen molar-refractivity contribution in [2.45, 2.75) is 39.7 Å². The monoisotopic (exact) mass is 388 g/mol. The van der Waals surface area contributed by atoms with Gasteiger partial charge in [-0.1, -0.05) is 49.3 Å². The van der Waals surface area contributed by atoms with E-state index in [-0.39, 0.29) is 23.5 Å². The molecule has 2 unspecified atom stereocenters. The number of carbonyl (C=O) groups excluding carboxylic acids is 1. The second-order valence-electron chi connectivity index (χ2n) is 8.29. The normalized spacial score (nSPS) is 26.6. The SMILES string of the molecule is CC1(C)C2CCC1(CS(=O)(=O)NCc1cc(-c3ccccc3)no1)C(=O)C2. The van der Waals surface area contributed by atoms with E-state index in [2.05, 4.69) is 9.88 Å². The van der Waals surface area contributed by atoms with Gasteiger partial charge in [-0.05, 0) is 24.2 Å². The first-order valence-electron chi connectivity index (χ1n) is 9.25. The lowest BCUT2D eigenvalue weighted by atomic mass is 9.70. The third-order valence-corrected chi connectivity index (χ3v) is 8.13. The average molecular weight is 388 g/mol. The highest BCUT2D eigenvalue weighted by molar-refractivity contribution is 7.89. The molecule has 27 heavy (non-hydrogen) atoms. The molecule has 6 nitrogen and oxygen atoms in total. The van der Waals surface area contributed by atoms with Gasteiger partial charge in [0.25, 0.3) is 0 Å². The van der Waals surface area contributed by atoms with Gasteiger partial charge in [0.15, 0.2) is 5.76 Å². The summed E-state index contributed by atoms with van der Waals surface area (Å²) in [5.74, 6) is 0.682. The van der Waals surface area contributed by atoms with Gasteiger partial charge in [0.2, 0.25) is 10.0 Å². The molecule has 4 rings (SSSR count). The summed E-state index contributed by atoms with van der Waals surface area (Å²) in [6.07, 6.45) is 2.09. The third kappa shape index (κ3) is 3.02. The van der Waals surface area contributed by atoms with Crippen molar-refractivity contribution >= 4 is 15.8 Å². The van der Waals surface area contributed by atoms with Gasteiger partial charge in [0, 0.05) is 23.5 Å². The molecule has 0 saturated heterocycles. The highest BCUT2D eigenvalue weighted by Gasteiger charge is 2.65. The first kappa shape index (κ1) is 18.4. The Morgan fingerprint density at radius 3 is 2.63 bits per heavy atom. The molecular weight excluding hydrogens is 364 g/mol. The summed E-state index contributed by atoms with van der Waals surface area (Å²) in [7, 11) is -3.63. The molecular formula is C20H24N2O4S. The fraction of sp³-hybridized carbons (Fsp3) is 0.500. The number of hydrogen-bond donors (Lipinski definition) is 1. The van der Waals surface area contributed by atoms with Crippen molar-refractivity contribution in [1.82, 2.24) is 9.88 Å². The fourth-order valence-corrected chi connectivity index (χ4v) is 6.60. The van der Waals surface area contributed by atoms with E-state index in [0.29, 0.717) is 30.2 Å². The molecule has 0 radical (unpaired) electrons. The Balaban J connectivity index is 1.46. The van der Waals surface area contributed by atoms with E-state index >= 15 is 0 Å². The molecule has 144 valence electrons. The number of Topliss-reactive ketones (excluding diaryl/α,β-unsaturated/α-hetero) is 1. The van der Waals surface area contributed by atoms with Crippen LogP contribution in [-0.2, 0) is 21.4 Å². The molecule has 1 aromatic carbocycles. The number of nitrogens with zero attached hydrogens (tertiary/aromatic N) is 1. The molecule has 1 heterocycles. The molecule has 0 aliphatic heterocycles. The summed E-state index contributed by atoms with van der Waals surface area (Å²) >= 11 is 0. The van der Waals surface area contributed by atoms with Crippen molar-refractivity contribution in [2.24, 2.45) is 16.7 Å². The first-order valence-corrected chi connectivity index (χ1v) is 10.9. The molecule has 2 aromatic rings. The molecule has 0 spiro atoms. The van der Waals surface area contributed by atoms with Crippen LogP contribution >= 0.6 is 0 Å². The maximum Gasteiger partial charge on any atom is 0.213 e. The summed E-state index contributed by atoms with van der Waals surface area (Å²) < 4.78 is 33.3. The number of sulfonamides is 1. The van der Waals surface area contributed by atoms with Crippen molar-refractivity contribution in [3.8, 4) is 11.3 Å². The molecule has 7 heteroatoms. The smallest absolute Gasteiger partial charge is 0.213 e. The minimum atomic E-state index is -3.63. The average Bonchev–Trinajstić information content (AvgIpc) is 3.24. The number of ketones is 1. The summed E-state index contributed by atoms with van der Waals surface area (Å²) in [6, 6.07) is 11.3. The number of rotatable bonds is 6. The maximum absolute atomic E-state index is 12.7. The second-order valence-corrected chi connectivity index (χ2v) is 10.1. The molecule has 2 aliphatic carbocycles. The van der Waals surface area contributed by atoms with Gasteiger partial charge >= 0.3 is 0 Å². The lowest BCUT2D eigenvalue weighted by Gasteiger charge is -2.36. The molecule has 2 aliphatic rings. The summed E-state index contributed by atoms with van der Waals surface area (Å²) in [4.78, 5) is 12.6. The topological polar surface area (TPSA) is 89.3 Å². The van der Waals surface area contributed by atoms with E-state index in [0.717, 1.165) is 12.0 Å². The molecule has 1 aromatic heterocycles. The number of hydrogen-bond acceptors (Lipinski definition) is 5. The van der Waals surface area contributed by atoms with Gasteiger partial charge in [-0.2, -0.15) is 0 Å². The van der Waals surface area contributed by atoms with Crippen molar-refractivity contribution < 1.29 is 17.7 Å². The van der Waals surface area contributed by atoms with Gasteiger partial charge in [-0.25, -0.2) is 13.1 Å². The van der Waals surface area contributed by atoms with E-state index < -0.39 is 15.4 Å². The quantitative estimate of drug-likeness (QED) is 0.821. The Labute approximate surface area is 159 Å². The van der Waals surface area contributed by atoms with Crippen LogP contribution in [0.1, 0.15) is 38.9 Å². The van der Waals surface area contributed by atoms with E-state index in [9.17, 15) is 13.2 Å². The Morgan fingerprint density at radius 1 is 1.26 bits per heavy atom. The summed E-state index contributed by atoms with van der Waals surface area (Å²) in [6.45, 7) is 4.09. The van der Waals surface area contributed by atoms with E-state index in [1.165, 1.54) is 0 Å². The molecule has 2 bridgehead atoms. The summed E-state index contributed by atoms with van der Waals surface area (Å²) in [5.41, 5.74) is 0.532. The number of benzene rings is 1. The van der Waals surface area contributed by atoms with Crippen molar-refractivity contribution in [1.29, 1.82) is 0 Å². The highest BCUT2D eigenvalue weighted by atomic mass is 32.2. The van der Waals surface area contributed by atoms with Gasteiger partial charge in [-0.3, -0.25) is 4.79 Å². The van der Waals surface area contributed by atoms with E-state index in [1.807, 2.05) is 44.2 Å². The molecule has 1 N–H and O–H groups in total. The number of nitrogens with one attached hydrogen (secondary N) is 1. The second kappa shape index (κ2) is 6.27. The van der Waals surface area contributed by atoms with Crippen LogP contribution < -0.4 is 4.72 Å². The van der Waals surface area contributed by atoms with Gasteiger partial charge in [-0.15, -0.1) is 0 Å². The van der Waals surface area contributed by atoms with Crippen LogP contribution in [0.4, 0.5) is 0 Å². The van der Waals surface area contributed by atoms with Crippen LogP contribution in [0.15, 0.2) is 40.9 Å². The Kier molecular flexibility index (Phi) is 4.27. The summed E-state index contributed by atoms with van der Waals surface area (Å²) in [5, 5.41) is 4.00. The van der Waals surface area contributed by atoms with Crippen molar-refractivity contribution in [2.75, 3.05) is 5.75 Å². The van der Waals surface area contributed by atoms with Crippen LogP contribution in [0.25, 0.3) is 11.3 Å². The lowest BCUT2D eigenvalue weighted by Crippen LogP contribution is -2.45. The molecule has 2 fully saturated rings. The van der Waals surface area contributed by atoms with Gasteiger partial charge < -0.3 is 4.52 Å². The van der Waals surface area contributed by atoms with Gasteiger partial charge in [0.05, 0.1) is 12.3 Å². The first-order chi connectivity index (χ1) is 12.7. The van der Waals surface area contributed by atoms with Crippen LogP contribution in [-0.4, -0.2) is 25.1 Å². The van der Waals surface area contributed by atoms with Crippen molar-refractivity contribution in [3.05, 3.63) is 42.2 Å². The number of aromatic nitrogens is 1. The molecule has 2 atom stereocenters. The lowest BCUT2D eigenvalue weighted by molar-refractivity contribution is -0.128. The largest absolute Gasteiger partial charge is 0.359 e. The van der Waals surface area contributed by atoms with Crippen LogP contribution in [0.2, 0.25) is 0 Å². The molecule has 2 saturated carbocycles. The highest BCUT2D eigenvalue weighted by Crippen LogP contribution is 2.64. The predicted molar refractivity (Wildman–Crippen MR) is 101 cm³/mol. The Bertz CT molecular complexity index is 965. The Hall–Kier alpha value is -1.99. The zero-order chi connectivity index (χ0) is 19.3. The number of carbonyl (C=O) groups is 1. The zero-order valence-corrected chi connectivity index (χ0v) is 16.4. The van der Waals surface area contributed by atoms with Crippen LogP contribution in [0, 0.1) is 16.7 Å². The zero-order valence-electron chi connectivity index (χ0n) is 15.6. The minimum absolute atomic E-state index is 0.0241. The van der Waals surface area contributed by atoms with E-state index in [1.54, 1.807) is 6.07 Å². The maximum atomic E-state index is 12.7. The van der Waals surface area contributed by atoms with Crippen LogP contribution in [0.3, 0.4) is 0 Å².